The lowest BCUT2D eigenvalue weighted by atomic mass is 10.2. The predicted octanol–water partition coefficient (Wildman–Crippen LogP) is 1.10. The smallest absolute Gasteiger partial charge is 0.221 e. The number of hydrogen-bond donors (Lipinski definition) is 1. The predicted molar refractivity (Wildman–Crippen MR) is 82.5 cm³/mol. The first kappa shape index (κ1) is 17.7. The average Bonchev–Trinajstić information content (AvgIpc) is 2.85. The lowest BCUT2D eigenvalue weighted by molar-refractivity contribution is -0.120. The Morgan fingerprint density at radius 1 is 1.33 bits per heavy atom. The summed E-state index contributed by atoms with van der Waals surface area (Å²) in [6.45, 7) is 6.96. The van der Waals surface area contributed by atoms with Crippen LogP contribution in [0.1, 0.15) is 27.2 Å². The maximum absolute atomic E-state index is 11.7. The first-order valence-corrected chi connectivity index (χ1v) is 9.05. The first-order chi connectivity index (χ1) is 9.78. The molecule has 1 N–H and O–H groups in total. The molecule has 0 spiro atoms. The number of sulfone groups is 1. The second kappa shape index (κ2) is 8.17. The van der Waals surface area contributed by atoms with Crippen molar-refractivity contribution in [2.75, 3.05) is 18.1 Å². The molecule has 0 fully saturated rings. The summed E-state index contributed by atoms with van der Waals surface area (Å²) >= 11 is 0. The molecular formula is C14H25N3O3S. The van der Waals surface area contributed by atoms with E-state index in [-0.39, 0.29) is 35.7 Å². The second-order valence-corrected chi connectivity index (χ2v) is 8.12. The Morgan fingerprint density at radius 2 is 2.05 bits per heavy atom. The summed E-state index contributed by atoms with van der Waals surface area (Å²) in [4.78, 5) is 11.7. The number of amides is 1. The van der Waals surface area contributed by atoms with Crippen molar-refractivity contribution in [1.82, 2.24) is 15.1 Å². The van der Waals surface area contributed by atoms with Gasteiger partial charge in [-0.1, -0.05) is 20.8 Å². The Kier molecular flexibility index (Phi) is 6.87. The topological polar surface area (TPSA) is 81.1 Å². The summed E-state index contributed by atoms with van der Waals surface area (Å²) in [5.74, 6) is 0.170. The van der Waals surface area contributed by atoms with Crippen LogP contribution >= 0.6 is 0 Å². The molecule has 7 heteroatoms. The van der Waals surface area contributed by atoms with Crippen molar-refractivity contribution < 1.29 is 13.2 Å². The summed E-state index contributed by atoms with van der Waals surface area (Å²) in [5.41, 5.74) is 0. The molecule has 1 rings (SSSR count). The van der Waals surface area contributed by atoms with E-state index in [9.17, 15) is 13.2 Å². The van der Waals surface area contributed by atoms with Crippen molar-refractivity contribution in [3.63, 3.8) is 0 Å². The third-order valence-electron chi connectivity index (χ3n) is 2.93. The Labute approximate surface area is 126 Å². The highest BCUT2D eigenvalue weighted by molar-refractivity contribution is 7.91. The van der Waals surface area contributed by atoms with Gasteiger partial charge in [0, 0.05) is 31.9 Å². The normalized spacial score (nSPS) is 13.3. The molecule has 21 heavy (non-hydrogen) atoms. The molecule has 0 bridgehead atoms. The first-order valence-electron chi connectivity index (χ1n) is 7.23. The third kappa shape index (κ3) is 7.84. The zero-order chi connectivity index (χ0) is 15.9. The number of aromatic nitrogens is 2. The van der Waals surface area contributed by atoms with Gasteiger partial charge in [-0.25, -0.2) is 8.42 Å². The van der Waals surface area contributed by atoms with Gasteiger partial charge in [-0.05, 0) is 17.9 Å². The number of nitrogens with one attached hydrogen (secondary N) is 1. The molecule has 0 radical (unpaired) electrons. The minimum Gasteiger partial charge on any atom is -0.356 e. The van der Waals surface area contributed by atoms with E-state index in [1.165, 1.54) is 0 Å². The summed E-state index contributed by atoms with van der Waals surface area (Å²) < 4.78 is 25.2. The summed E-state index contributed by atoms with van der Waals surface area (Å²) in [6, 6.07) is 1.85. The molecule has 0 unspecified atom stereocenters. The highest BCUT2D eigenvalue weighted by Crippen LogP contribution is 2.03. The van der Waals surface area contributed by atoms with E-state index in [1.807, 2.05) is 37.7 Å². The van der Waals surface area contributed by atoms with Crippen LogP contribution in [0.2, 0.25) is 0 Å². The zero-order valence-corrected chi connectivity index (χ0v) is 13.8. The van der Waals surface area contributed by atoms with E-state index in [2.05, 4.69) is 10.4 Å². The van der Waals surface area contributed by atoms with Crippen LogP contribution in [-0.2, 0) is 21.2 Å². The Balaban J connectivity index is 2.25. The largest absolute Gasteiger partial charge is 0.356 e. The summed E-state index contributed by atoms with van der Waals surface area (Å²) in [7, 11) is -3.13. The van der Waals surface area contributed by atoms with Gasteiger partial charge < -0.3 is 5.32 Å². The van der Waals surface area contributed by atoms with E-state index in [0.29, 0.717) is 6.54 Å². The van der Waals surface area contributed by atoms with E-state index in [1.54, 1.807) is 6.20 Å². The molecule has 1 heterocycles. The molecule has 0 aromatic carbocycles. The second-order valence-electron chi connectivity index (χ2n) is 5.90. The zero-order valence-electron chi connectivity index (χ0n) is 12.9. The van der Waals surface area contributed by atoms with Gasteiger partial charge >= 0.3 is 0 Å². The third-order valence-corrected chi connectivity index (χ3v) is 4.93. The van der Waals surface area contributed by atoms with Crippen LogP contribution < -0.4 is 5.32 Å². The van der Waals surface area contributed by atoms with Crippen molar-refractivity contribution in [3.05, 3.63) is 18.5 Å². The molecule has 1 aromatic rings. The molecule has 120 valence electrons. The van der Waals surface area contributed by atoms with Crippen LogP contribution in [0.25, 0.3) is 0 Å². The lowest BCUT2D eigenvalue weighted by Crippen LogP contribution is -2.31. The van der Waals surface area contributed by atoms with Gasteiger partial charge in [0.2, 0.25) is 5.91 Å². The SMILES string of the molecule is CC(C)CS(=O)(=O)CCC(=O)NC[C@H](C)Cn1cccn1. The van der Waals surface area contributed by atoms with Crippen LogP contribution in [0.5, 0.6) is 0 Å². The molecule has 0 aliphatic carbocycles. The highest BCUT2D eigenvalue weighted by Gasteiger charge is 2.15. The summed E-state index contributed by atoms with van der Waals surface area (Å²) in [5, 5.41) is 6.88. The molecule has 0 saturated carbocycles. The van der Waals surface area contributed by atoms with Gasteiger partial charge in [-0.2, -0.15) is 5.10 Å². The minimum absolute atomic E-state index is 0.0313. The van der Waals surface area contributed by atoms with Gasteiger partial charge in [0.1, 0.15) is 0 Å². The van der Waals surface area contributed by atoms with Crippen LogP contribution in [0, 0.1) is 11.8 Å². The van der Waals surface area contributed by atoms with Crippen LogP contribution in [0.3, 0.4) is 0 Å². The van der Waals surface area contributed by atoms with E-state index < -0.39 is 9.84 Å². The van der Waals surface area contributed by atoms with E-state index in [0.717, 1.165) is 6.54 Å². The number of carbonyl (C=O) groups is 1. The fraction of sp³-hybridized carbons (Fsp3) is 0.714. The fourth-order valence-corrected chi connectivity index (χ4v) is 3.69. The molecular weight excluding hydrogens is 290 g/mol. The minimum atomic E-state index is -3.13. The number of carbonyl (C=O) groups excluding carboxylic acids is 1. The van der Waals surface area contributed by atoms with Crippen LogP contribution in [0.4, 0.5) is 0 Å². The van der Waals surface area contributed by atoms with Gasteiger partial charge in [0.25, 0.3) is 0 Å². The molecule has 1 amide bonds. The van der Waals surface area contributed by atoms with E-state index in [4.69, 9.17) is 0 Å². The quantitative estimate of drug-likeness (QED) is 0.740. The fourth-order valence-electron chi connectivity index (χ4n) is 2.01. The number of nitrogens with zero attached hydrogens (tertiary/aromatic N) is 2. The van der Waals surface area contributed by atoms with Crippen LogP contribution in [0.15, 0.2) is 18.5 Å². The van der Waals surface area contributed by atoms with Gasteiger partial charge in [0.15, 0.2) is 9.84 Å². The monoisotopic (exact) mass is 315 g/mol. The van der Waals surface area contributed by atoms with Gasteiger partial charge in [-0.15, -0.1) is 0 Å². The van der Waals surface area contributed by atoms with Crippen molar-refractivity contribution in [1.29, 1.82) is 0 Å². The molecule has 6 nitrogen and oxygen atoms in total. The van der Waals surface area contributed by atoms with Crippen molar-refractivity contribution in [2.45, 2.75) is 33.7 Å². The average molecular weight is 315 g/mol. The molecule has 1 atom stereocenters. The number of hydrogen-bond acceptors (Lipinski definition) is 4. The highest BCUT2D eigenvalue weighted by atomic mass is 32.2. The Bertz CT molecular complexity index is 524. The van der Waals surface area contributed by atoms with Gasteiger partial charge in [-0.3, -0.25) is 9.48 Å². The number of rotatable bonds is 9. The maximum Gasteiger partial charge on any atom is 0.221 e. The molecule has 0 aliphatic rings. The van der Waals surface area contributed by atoms with Crippen molar-refractivity contribution >= 4 is 15.7 Å². The Morgan fingerprint density at radius 3 is 2.62 bits per heavy atom. The maximum atomic E-state index is 11.7. The molecule has 1 aromatic heterocycles. The van der Waals surface area contributed by atoms with E-state index >= 15 is 0 Å². The Hall–Kier alpha value is -1.37. The van der Waals surface area contributed by atoms with Crippen molar-refractivity contribution in [2.24, 2.45) is 11.8 Å². The van der Waals surface area contributed by atoms with Crippen molar-refractivity contribution in [3.8, 4) is 0 Å². The molecule has 0 saturated heterocycles. The van der Waals surface area contributed by atoms with Crippen LogP contribution in [-0.4, -0.2) is 42.2 Å². The lowest BCUT2D eigenvalue weighted by Gasteiger charge is -2.13. The summed E-state index contributed by atoms with van der Waals surface area (Å²) in [6.07, 6.45) is 3.62. The standard InChI is InChI=1S/C14H25N3O3S/c1-12(2)11-21(19,20)8-5-14(18)15-9-13(3)10-17-7-4-6-16-17/h4,6-7,12-13H,5,8-11H2,1-3H3,(H,15,18)/t13-/m0/s1. The van der Waals surface area contributed by atoms with Gasteiger partial charge in [0.05, 0.1) is 11.5 Å². The molecule has 0 aliphatic heterocycles.